The summed E-state index contributed by atoms with van der Waals surface area (Å²) in [6, 6.07) is 7.84. The highest BCUT2D eigenvalue weighted by molar-refractivity contribution is 5.73. The number of piperazine rings is 1. The second-order valence-corrected chi connectivity index (χ2v) is 7.13. The van der Waals surface area contributed by atoms with Gasteiger partial charge >= 0.3 is 0 Å². The summed E-state index contributed by atoms with van der Waals surface area (Å²) in [5, 5.41) is 0. The van der Waals surface area contributed by atoms with Crippen molar-refractivity contribution < 1.29 is 14.3 Å². The molecule has 0 atom stereocenters. The number of anilines is 1. The monoisotopic (exact) mass is 382 g/mol. The van der Waals surface area contributed by atoms with Crippen LogP contribution in [-0.4, -0.2) is 67.3 Å². The molecule has 0 bridgehead atoms. The van der Waals surface area contributed by atoms with E-state index < -0.39 is 0 Å². The number of hydrogen-bond acceptors (Lipinski definition) is 6. The highest BCUT2D eigenvalue weighted by Crippen LogP contribution is 2.29. The minimum Gasteiger partial charge on any atom is -0.497 e. The van der Waals surface area contributed by atoms with Gasteiger partial charge in [-0.15, -0.1) is 0 Å². The number of rotatable bonds is 3. The Kier molecular flexibility index (Phi) is 5.43. The third kappa shape index (κ3) is 3.80. The smallest absolute Gasteiger partial charge is 0.219 e. The number of benzene rings is 1. The van der Waals surface area contributed by atoms with Crippen LogP contribution in [-0.2, 0) is 22.4 Å². The fraction of sp³-hybridized carbons (Fsp3) is 0.476. The minimum atomic E-state index is 0.133. The van der Waals surface area contributed by atoms with Crippen LogP contribution in [0.15, 0.2) is 24.3 Å². The van der Waals surface area contributed by atoms with E-state index >= 15 is 0 Å². The summed E-state index contributed by atoms with van der Waals surface area (Å²) in [6.07, 6.45) is 1.61. The summed E-state index contributed by atoms with van der Waals surface area (Å²) in [6.45, 7) is 6.02. The topological polar surface area (TPSA) is 67.8 Å². The van der Waals surface area contributed by atoms with Crippen molar-refractivity contribution in [3.05, 3.63) is 35.5 Å². The predicted molar refractivity (Wildman–Crippen MR) is 107 cm³/mol. The van der Waals surface area contributed by atoms with Gasteiger partial charge in [0.2, 0.25) is 5.91 Å². The fourth-order valence-corrected chi connectivity index (χ4v) is 3.79. The largest absolute Gasteiger partial charge is 0.497 e. The lowest BCUT2D eigenvalue weighted by atomic mass is 10.1. The number of nitrogens with zero attached hydrogens (tertiary/aromatic N) is 4. The van der Waals surface area contributed by atoms with Gasteiger partial charge in [0, 0.05) is 57.1 Å². The molecule has 1 amide bonds. The maximum atomic E-state index is 11.7. The molecule has 3 heterocycles. The van der Waals surface area contributed by atoms with Crippen molar-refractivity contribution in [3.8, 4) is 17.1 Å². The molecule has 2 aliphatic rings. The number of ether oxygens (including phenoxy) is 2. The van der Waals surface area contributed by atoms with Gasteiger partial charge in [0.05, 0.1) is 26.0 Å². The Bertz CT molecular complexity index is 845. The van der Waals surface area contributed by atoms with Crippen molar-refractivity contribution in [2.24, 2.45) is 0 Å². The Morgan fingerprint density at radius 1 is 1.04 bits per heavy atom. The molecule has 148 valence electrons. The number of aromatic nitrogens is 2. The van der Waals surface area contributed by atoms with E-state index in [-0.39, 0.29) is 5.91 Å². The minimum absolute atomic E-state index is 0.133. The van der Waals surface area contributed by atoms with Crippen LogP contribution in [0.3, 0.4) is 0 Å². The molecule has 2 aliphatic heterocycles. The maximum Gasteiger partial charge on any atom is 0.219 e. The number of methoxy groups -OCH3 is 1. The Morgan fingerprint density at radius 2 is 1.75 bits per heavy atom. The first-order chi connectivity index (χ1) is 13.7. The third-order valence-corrected chi connectivity index (χ3v) is 5.42. The van der Waals surface area contributed by atoms with Gasteiger partial charge in [-0.3, -0.25) is 4.79 Å². The van der Waals surface area contributed by atoms with E-state index in [1.165, 1.54) is 5.56 Å². The zero-order valence-electron chi connectivity index (χ0n) is 16.5. The molecule has 4 rings (SSSR count). The van der Waals surface area contributed by atoms with Crippen LogP contribution in [0.4, 0.5) is 5.82 Å². The van der Waals surface area contributed by atoms with Crippen molar-refractivity contribution in [2.75, 3.05) is 51.4 Å². The van der Waals surface area contributed by atoms with E-state index in [2.05, 4.69) is 4.90 Å². The normalized spacial score (nSPS) is 17.1. The first-order valence-corrected chi connectivity index (χ1v) is 9.78. The molecule has 7 heteroatoms. The second kappa shape index (κ2) is 8.14. The van der Waals surface area contributed by atoms with E-state index in [4.69, 9.17) is 19.4 Å². The van der Waals surface area contributed by atoms with E-state index in [0.29, 0.717) is 13.2 Å². The summed E-state index contributed by atoms with van der Waals surface area (Å²) in [4.78, 5) is 25.7. The zero-order chi connectivity index (χ0) is 19.5. The standard InChI is InChI=1S/C21H26N4O3/c1-15(26)24-9-11-25(12-10-24)21-18-7-13-28-14-8-19(18)22-20(23-21)16-3-5-17(27-2)6-4-16/h3-6H,7-14H2,1-2H3. The average molecular weight is 382 g/mol. The summed E-state index contributed by atoms with van der Waals surface area (Å²) in [5.74, 6) is 2.66. The maximum absolute atomic E-state index is 11.7. The van der Waals surface area contributed by atoms with Crippen molar-refractivity contribution in [1.29, 1.82) is 0 Å². The molecule has 28 heavy (non-hydrogen) atoms. The number of fused-ring (bicyclic) bond motifs is 1. The molecule has 7 nitrogen and oxygen atoms in total. The van der Waals surface area contributed by atoms with Gasteiger partial charge in [-0.2, -0.15) is 0 Å². The lowest BCUT2D eigenvalue weighted by Crippen LogP contribution is -2.48. The quantitative estimate of drug-likeness (QED) is 0.808. The lowest BCUT2D eigenvalue weighted by molar-refractivity contribution is -0.129. The molecular formula is C21H26N4O3. The van der Waals surface area contributed by atoms with Crippen molar-refractivity contribution >= 4 is 11.7 Å². The first-order valence-electron chi connectivity index (χ1n) is 9.78. The van der Waals surface area contributed by atoms with Crippen molar-refractivity contribution in [3.63, 3.8) is 0 Å². The van der Waals surface area contributed by atoms with Gasteiger partial charge in [-0.1, -0.05) is 0 Å². The van der Waals surface area contributed by atoms with Gasteiger partial charge in [0.25, 0.3) is 0 Å². The summed E-state index contributed by atoms with van der Waals surface area (Å²) < 4.78 is 11.0. The number of amides is 1. The first kappa shape index (κ1) is 18.7. The van der Waals surface area contributed by atoms with Gasteiger partial charge < -0.3 is 19.3 Å². The molecule has 0 saturated carbocycles. The van der Waals surface area contributed by atoms with Crippen molar-refractivity contribution in [1.82, 2.24) is 14.9 Å². The highest BCUT2D eigenvalue weighted by atomic mass is 16.5. The summed E-state index contributed by atoms with van der Waals surface area (Å²) in [5.41, 5.74) is 3.23. The van der Waals surface area contributed by atoms with Crippen LogP contribution < -0.4 is 9.64 Å². The lowest BCUT2D eigenvalue weighted by Gasteiger charge is -2.36. The van der Waals surface area contributed by atoms with E-state index in [1.807, 2.05) is 29.2 Å². The second-order valence-electron chi connectivity index (χ2n) is 7.13. The van der Waals surface area contributed by atoms with E-state index in [9.17, 15) is 4.79 Å². The molecule has 0 N–H and O–H groups in total. The summed E-state index contributed by atoms with van der Waals surface area (Å²) >= 11 is 0. The Morgan fingerprint density at radius 3 is 2.43 bits per heavy atom. The Hall–Kier alpha value is -2.67. The Balaban J connectivity index is 1.70. The van der Waals surface area contributed by atoms with Crippen LogP contribution >= 0.6 is 0 Å². The number of carbonyl (C=O) groups excluding carboxylic acids is 1. The summed E-state index contributed by atoms with van der Waals surface area (Å²) in [7, 11) is 1.66. The van der Waals surface area contributed by atoms with Gasteiger partial charge in [-0.05, 0) is 24.3 Å². The molecule has 1 fully saturated rings. The molecule has 1 saturated heterocycles. The molecule has 1 aromatic carbocycles. The van der Waals surface area contributed by atoms with Gasteiger partial charge in [-0.25, -0.2) is 9.97 Å². The molecule has 0 radical (unpaired) electrons. The number of hydrogen-bond donors (Lipinski definition) is 0. The SMILES string of the molecule is COc1ccc(-c2nc3c(c(N4CCN(C(C)=O)CC4)n2)CCOCC3)cc1. The van der Waals surface area contributed by atoms with Gasteiger partial charge in [0.15, 0.2) is 5.82 Å². The van der Waals surface area contributed by atoms with Crippen LogP contribution in [0.1, 0.15) is 18.2 Å². The van der Waals surface area contributed by atoms with Crippen LogP contribution in [0, 0.1) is 0 Å². The molecular weight excluding hydrogens is 356 g/mol. The Labute approximate surface area is 165 Å². The van der Waals surface area contributed by atoms with E-state index in [1.54, 1.807) is 14.0 Å². The van der Waals surface area contributed by atoms with Crippen molar-refractivity contribution in [2.45, 2.75) is 19.8 Å². The fourth-order valence-electron chi connectivity index (χ4n) is 3.79. The molecule has 0 aliphatic carbocycles. The van der Waals surface area contributed by atoms with Crippen LogP contribution in [0.5, 0.6) is 5.75 Å². The predicted octanol–water partition coefficient (Wildman–Crippen LogP) is 1.94. The zero-order valence-corrected chi connectivity index (χ0v) is 16.5. The molecule has 0 spiro atoms. The molecule has 0 unspecified atom stereocenters. The third-order valence-electron chi connectivity index (χ3n) is 5.42. The van der Waals surface area contributed by atoms with E-state index in [0.717, 1.165) is 67.7 Å². The number of carbonyl (C=O) groups is 1. The van der Waals surface area contributed by atoms with Crippen LogP contribution in [0.25, 0.3) is 11.4 Å². The highest BCUT2D eigenvalue weighted by Gasteiger charge is 2.25. The molecule has 1 aromatic heterocycles. The average Bonchev–Trinajstić information content (AvgIpc) is 2.98. The van der Waals surface area contributed by atoms with Crippen LogP contribution in [0.2, 0.25) is 0 Å². The van der Waals surface area contributed by atoms with Gasteiger partial charge in [0.1, 0.15) is 11.6 Å². The molecule has 2 aromatic rings.